The number of aryl methyl sites for hydroxylation is 1. The van der Waals surface area contributed by atoms with Crippen LogP contribution < -0.4 is 15.2 Å². The molecule has 0 saturated carbocycles. The first-order valence-electron chi connectivity index (χ1n) is 5.88. The summed E-state index contributed by atoms with van der Waals surface area (Å²) < 4.78 is 33.5. The number of nitrogens with two attached hydrogens (primary N) is 1. The van der Waals surface area contributed by atoms with Crippen molar-refractivity contribution in [3.63, 3.8) is 0 Å². The largest absolute Gasteiger partial charge is 0.495 e. The normalized spacial score (nSPS) is 11.1. The number of nitrogen functional groups attached to an aromatic ring is 1. The number of amidine groups is 1. The summed E-state index contributed by atoms with van der Waals surface area (Å²) in [7, 11) is -0.829. The molecule has 0 spiro atoms. The third kappa shape index (κ3) is 2.97. The Labute approximate surface area is 122 Å². The van der Waals surface area contributed by atoms with E-state index in [1.54, 1.807) is 19.2 Å². The number of para-hydroxylation sites is 1. The van der Waals surface area contributed by atoms with Crippen molar-refractivity contribution in [3.05, 3.63) is 36.2 Å². The molecule has 21 heavy (non-hydrogen) atoms. The van der Waals surface area contributed by atoms with Crippen molar-refractivity contribution in [2.75, 3.05) is 11.8 Å². The van der Waals surface area contributed by atoms with Gasteiger partial charge in [0.1, 0.15) is 22.2 Å². The number of benzene rings is 1. The molecule has 1 aromatic heterocycles. The summed E-state index contributed by atoms with van der Waals surface area (Å²) >= 11 is 0. The molecule has 0 radical (unpaired) electrons. The van der Waals surface area contributed by atoms with E-state index >= 15 is 0 Å². The van der Waals surface area contributed by atoms with Crippen molar-refractivity contribution in [1.82, 2.24) is 9.78 Å². The Kier molecular flexibility index (Phi) is 3.85. The first kappa shape index (κ1) is 14.9. The van der Waals surface area contributed by atoms with Crippen LogP contribution in [0.25, 0.3) is 0 Å². The molecule has 8 nitrogen and oxygen atoms in total. The van der Waals surface area contributed by atoms with Crippen LogP contribution in [-0.4, -0.2) is 31.1 Å². The molecule has 1 heterocycles. The Hall–Kier alpha value is -2.55. The van der Waals surface area contributed by atoms with Crippen LogP contribution in [0.5, 0.6) is 5.75 Å². The number of nitrogens with zero attached hydrogens (tertiary/aromatic N) is 2. The van der Waals surface area contributed by atoms with Gasteiger partial charge in [-0.3, -0.25) is 14.8 Å². The molecule has 0 amide bonds. The van der Waals surface area contributed by atoms with E-state index in [1.807, 2.05) is 0 Å². The van der Waals surface area contributed by atoms with Crippen LogP contribution in [0, 0.1) is 5.41 Å². The third-order valence-electron chi connectivity index (χ3n) is 2.76. The van der Waals surface area contributed by atoms with Gasteiger partial charge >= 0.3 is 0 Å². The molecule has 0 saturated heterocycles. The second-order valence-corrected chi connectivity index (χ2v) is 5.93. The molecule has 112 valence electrons. The van der Waals surface area contributed by atoms with Crippen LogP contribution in [0.15, 0.2) is 35.5 Å². The molecule has 0 aliphatic rings. The van der Waals surface area contributed by atoms with E-state index in [1.165, 1.54) is 30.3 Å². The molecule has 2 rings (SSSR count). The minimum atomic E-state index is -3.85. The predicted molar refractivity (Wildman–Crippen MR) is 78.0 cm³/mol. The van der Waals surface area contributed by atoms with Crippen LogP contribution in [0.3, 0.4) is 0 Å². The van der Waals surface area contributed by atoms with E-state index in [4.69, 9.17) is 15.9 Å². The molecule has 2 aromatic rings. The van der Waals surface area contributed by atoms with E-state index in [0.29, 0.717) is 0 Å². The highest BCUT2D eigenvalue weighted by Crippen LogP contribution is 2.30. The summed E-state index contributed by atoms with van der Waals surface area (Å²) in [5, 5.41) is 11.4. The van der Waals surface area contributed by atoms with Gasteiger partial charge in [-0.2, -0.15) is 5.10 Å². The maximum absolute atomic E-state index is 12.3. The maximum atomic E-state index is 12.3. The average Bonchev–Trinajstić information content (AvgIpc) is 2.86. The fraction of sp³-hybridized carbons (Fsp3) is 0.167. The molecule has 0 atom stereocenters. The summed E-state index contributed by atoms with van der Waals surface area (Å²) in [5.74, 6) is 0.00736. The lowest BCUT2D eigenvalue weighted by atomic mass is 10.1. The van der Waals surface area contributed by atoms with E-state index < -0.39 is 10.0 Å². The number of hydrogen-bond donors (Lipinski definition) is 3. The van der Waals surface area contributed by atoms with Gasteiger partial charge in [-0.1, -0.05) is 6.07 Å². The number of ether oxygens (including phenoxy) is 1. The number of sulfonamides is 1. The maximum Gasteiger partial charge on any atom is 0.265 e. The van der Waals surface area contributed by atoms with E-state index in [9.17, 15) is 8.42 Å². The second kappa shape index (κ2) is 5.44. The van der Waals surface area contributed by atoms with Crippen molar-refractivity contribution >= 4 is 21.5 Å². The van der Waals surface area contributed by atoms with Crippen LogP contribution in [0.4, 0.5) is 5.69 Å². The molecular weight excluding hydrogens is 294 g/mol. The van der Waals surface area contributed by atoms with Gasteiger partial charge < -0.3 is 10.5 Å². The van der Waals surface area contributed by atoms with Gasteiger partial charge in [-0.05, 0) is 12.1 Å². The standard InChI is InChI=1S/C12H15N5O3S/c1-17-7-8(6-15-17)21(18,19)16-11-9(12(13)14)4-3-5-10(11)20-2/h3-7,16H,1-2H3,(H3,13,14). The second-order valence-electron chi connectivity index (χ2n) is 4.25. The molecule has 9 heteroatoms. The van der Waals surface area contributed by atoms with Gasteiger partial charge in [-0.25, -0.2) is 8.42 Å². The van der Waals surface area contributed by atoms with Crippen molar-refractivity contribution in [2.45, 2.75) is 4.90 Å². The minimum Gasteiger partial charge on any atom is -0.495 e. The van der Waals surface area contributed by atoms with Gasteiger partial charge in [0.05, 0.1) is 13.3 Å². The van der Waals surface area contributed by atoms with E-state index in [-0.39, 0.29) is 27.7 Å². The number of aromatic nitrogens is 2. The van der Waals surface area contributed by atoms with Gasteiger partial charge in [-0.15, -0.1) is 0 Å². The fourth-order valence-electron chi connectivity index (χ4n) is 1.76. The molecule has 0 aliphatic heterocycles. The highest BCUT2D eigenvalue weighted by molar-refractivity contribution is 7.92. The minimum absolute atomic E-state index is 0.00501. The molecular formula is C12H15N5O3S. The van der Waals surface area contributed by atoms with Gasteiger partial charge in [0.2, 0.25) is 0 Å². The first-order chi connectivity index (χ1) is 9.85. The molecule has 0 aliphatic carbocycles. The van der Waals surface area contributed by atoms with E-state index in [0.717, 1.165) is 0 Å². The third-order valence-corrected chi connectivity index (χ3v) is 4.07. The smallest absolute Gasteiger partial charge is 0.265 e. The van der Waals surface area contributed by atoms with Crippen LogP contribution >= 0.6 is 0 Å². The highest BCUT2D eigenvalue weighted by atomic mass is 32.2. The molecule has 0 fully saturated rings. The number of methoxy groups -OCH3 is 1. The van der Waals surface area contributed by atoms with Gasteiger partial charge in [0, 0.05) is 18.8 Å². The van der Waals surface area contributed by atoms with Crippen molar-refractivity contribution in [3.8, 4) is 5.75 Å². The quantitative estimate of drug-likeness (QED) is 0.548. The number of rotatable bonds is 5. The Bertz CT molecular complexity index is 782. The van der Waals surface area contributed by atoms with Crippen LogP contribution in [0.2, 0.25) is 0 Å². The summed E-state index contributed by atoms with van der Waals surface area (Å²) in [6.07, 6.45) is 2.59. The molecule has 4 N–H and O–H groups in total. The lowest BCUT2D eigenvalue weighted by Gasteiger charge is -2.14. The number of nitrogens with one attached hydrogen (secondary N) is 2. The summed E-state index contributed by atoms with van der Waals surface area (Å²) in [5.41, 5.74) is 5.84. The molecule has 0 bridgehead atoms. The topological polar surface area (TPSA) is 123 Å². The fourth-order valence-corrected chi connectivity index (χ4v) is 2.84. The lowest BCUT2D eigenvalue weighted by molar-refractivity contribution is 0.417. The highest BCUT2D eigenvalue weighted by Gasteiger charge is 2.21. The van der Waals surface area contributed by atoms with Crippen LogP contribution in [0.1, 0.15) is 5.56 Å². The predicted octanol–water partition coefficient (Wildman–Crippen LogP) is 0.514. The SMILES string of the molecule is COc1cccc(C(=N)N)c1NS(=O)(=O)c1cnn(C)c1. The first-order valence-corrected chi connectivity index (χ1v) is 7.36. The zero-order chi connectivity index (χ0) is 15.6. The zero-order valence-electron chi connectivity index (χ0n) is 11.5. The molecule has 0 unspecified atom stereocenters. The summed E-state index contributed by atoms with van der Waals surface area (Å²) in [6, 6.07) is 4.73. The molecule has 1 aromatic carbocycles. The van der Waals surface area contributed by atoms with Crippen LogP contribution in [-0.2, 0) is 17.1 Å². The summed E-state index contributed by atoms with van der Waals surface area (Å²) in [6.45, 7) is 0. The van der Waals surface area contributed by atoms with Crippen molar-refractivity contribution < 1.29 is 13.2 Å². The Morgan fingerprint density at radius 3 is 2.71 bits per heavy atom. The summed E-state index contributed by atoms with van der Waals surface area (Å²) in [4.78, 5) is 0.00501. The monoisotopic (exact) mass is 309 g/mol. The lowest BCUT2D eigenvalue weighted by Crippen LogP contribution is -2.19. The Morgan fingerprint density at radius 2 is 2.19 bits per heavy atom. The Morgan fingerprint density at radius 1 is 1.48 bits per heavy atom. The number of hydrogen-bond acceptors (Lipinski definition) is 5. The van der Waals surface area contributed by atoms with Gasteiger partial charge in [0.25, 0.3) is 10.0 Å². The zero-order valence-corrected chi connectivity index (χ0v) is 12.3. The van der Waals surface area contributed by atoms with E-state index in [2.05, 4.69) is 9.82 Å². The number of anilines is 1. The van der Waals surface area contributed by atoms with Gasteiger partial charge in [0.15, 0.2) is 0 Å². The van der Waals surface area contributed by atoms with Crippen molar-refractivity contribution in [1.29, 1.82) is 5.41 Å². The Balaban J connectivity index is 2.50. The van der Waals surface area contributed by atoms with Crippen molar-refractivity contribution in [2.24, 2.45) is 12.8 Å². The average molecular weight is 309 g/mol.